The fraction of sp³-hybridized carbons (Fsp3) is 0.818. The van der Waals surface area contributed by atoms with Crippen LogP contribution < -0.4 is 11.3 Å². The molecule has 0 aromatic carbocycles. The minimum Gasteiger partial charge on any atom is -0.313 e. The highest BCUT2D eigenvalue weighted by atomic mass is 32.1. The van der Waals surface area contributed by atoms with Gasteiger partial charge in [-0.15, -0.1) is 5.10 Å². The third kappa shape index (κ3) is 2.94. The summed E-state index contributed by atoms with van der Waals surface area (Å²) in [5.74, 6) is 5.43. The second-order valence-electron chi connectivity index (χ2n) is 5.13. The van der Waals surface area contributed by atoms with Crippen molar-refractivity contribution >= 4 is 16.5 Å². The van der Waals surface area contributed by atoms with Crippen LogP contribution in [0, 0.1) is 5.41 Å². The van der Waals surface area contributed by atoms with Gasteiger partial charge in [0.1, 0.15) is 10.7 Å². The van der Waals surface area contributed by atoms with Crippen molar-refractivity contribution in [2.24, 2.45) is 11.3 Å². The average Bonchev–Trinajstić information content (AvgIpc) is 2.80. The van der Waals surface area contributed by atoms with E-state index in [1.165, 1.54) is 30.8 Å². The maximum atomic E-state index is 5.43. The van der Waals surface area contributed by atoms with Gasteiger partial charge in [-0.25, -0.2) is 5.84 Å². The monoisotopic (exact) mass is 255 g/mol. The van der Waals surface area contributed by atoms with Gasteiger partial charge >= 0.3 is 0 Å². The smallest absolute Gasteiger partial charge is 0.148 e. The number of anilines is 1. The van der Waals surface area contributed by atoms with Crippen molar-refractivity contribution in [3.05, 3.63) is 5.69 Å². The summed E-state index contributed by atoms with van der Waals surface area (Å²) in [5.41, 5.74) is 4.16. The summed E-state index contributed by atoms with van der Waals surface area (Å²) in [4.78, 5) is 2.44. The van der Waals surface area contributed by atoms with Crippen LogP contribution in [0.3, 0.4) is 0 Å². The van der Waals surface area contributed by atoms with E-state index in [1.807, 2.05) is 0 Å². The van der Waals surface area contributed by atoms with Gasteiger partial charge in [-0.05, 0) is 31.3 Å². The molecule has 0 radical (unpaired) electrons. The van der Waals surface area contributed by atoms with E-state index in [0.717, 1.165) is 30.3 Å². The summed E-state index contributed by atoms with van der Waals surface area (Å²) < 4.78 is 3.93. The van der Waals surface area contributed by atoms with Crippen molar-refractivity contribution in [2.45, 2.75) is 39.7 Å². The van der Waals surface area contributed by atoms with Crippen LogP contribution in [-0.2, 0) is 6.54 Å². The molecular formula is C11H21N5S. The number of hydrogen-bond donors (Lipinski definition) is 2. The van der Waals surface area contributed by atoms with Crippen LogP contribution in [-0.4, -0.2) is 27.6 Å². The molecule has 1 aromatic rings. The quantitative estimate of drug-likeness (QED) is 0.635. The van der Waals surface area contributed by atoms with E-state index in [0.29, 0.717) is 5.41 Å². The van der Waals surface area contributed by atoms with Crippen molar-refractivity contribution in [2.75, 3.05) is 18.5 Å². The molecule has 0 atom stereocenters. The second-order valence-corrected chi connectivity index (χ2v) is 5.89. The number of nitrogens with zero attached hydrogens (tertiary/aromatic N) is 3. The summed E-state index contributed by atoms with van der Waals surface area (Å²) in [5, 5.41) is 5.01. The lowest BCUT2D eigenvalue weighted by atomic mass is 9.78. The molecule has 17 heavy (non-hydrogen) atoms. The summed E-state index contributed by atoms with van der Waals surface area (Å²) in [6, 6.07) is 0. The molecule has 0 aliphatic carbocycles. The highest BCUT2D eigenvalue weighted by Gasteiger charge is 2.28. The Morgan fingerprint density at radius 2 is 2.18 bits per heavy atom. The fourth-order valence-electron chi connectivity index (χ4n) is 2.24. The molecular weight excluding hydrogens is 234 g/mol. The minimum absolute atomic E-state index is 0.534. The van der Waals surface area contributed by atoms with Gasteiger partial charge in [0.2, 0.25) is 0 Å². The van der Waals surface area contributed by atoms with E-state index in [4.69, 9.17) is 5.84 Å². The molecule has 1 aromatic heterocycles. The van der Waals surface area contributed by atoms with Gasteiger partial charge in [0.05, 0.1) is 0 Å². The molecule has 0 bridgehead atoms. The molecule has 0 unspecified atom stereocenters. The first-order chi connectivity index (χ1) is 8.17. The average molecular weight is 255 g/mol. The van der Waals surface area contributed by atoms with Gasteiger partial charge in [0.15, 0.2) is 0 Å². The number of hydrazine groups is 1. The largest absolute Gasteiger partial charge is 0.313 e. The Kier molecular flexibility index (Phi) is 3.96. The topological polar surface area (TPSA) is 67.1 Å². The zero-order valence-corrected chi connectivity index (χ0v) is 11.4. The summed E-state index contributed by atoms with van der Waals surface area (Å²) >= 11 is 1.32. The molecule has 1 saturated heterocycles. The number of likely N-dealkylation sites (tertiary alicyclic amines) is 1. The van der Waals surface area contributed by atoms with Crippen molar-refractivity contribution in [1.29, 1.82) is 0 Å². The number of nitrogens with two attached hydrogens (primary N) is 1. The molecule has 6 heteroatoms. The number of piperidine rings is 1. The molecule has 0 saturated carbocycles. The lowest BCUT2D eigenvalue weighted by molar-refractivity contribution is 0.109. The Labute approximate surface area is 107 Å². The molecule has 5 nitrogen and oxygen atoms in total. The van der Waals surface area contributed by atoms with E-state index < -0.39 is 0 Å². The molecule has 2 rings (SSSR count). The zero-order valence-electron chi connectivity index (χ0n) is 10.6. The lowest BCUT2D eigenvalue weighted by Gasteiger charge is -2.38. The van der Waals surface area contributed by atoms with Crippen LogP contribution in [0.5, 0.6) is 0 Å². The van der Waals surface area contributed by atoms with Gasteiger partial charge in [-0.3, -0.25) is 4.90 Å². The van der Waals surface area contributed by atoms with Gasteiger partial charge in [-0.1, -0.05) is 24.8 Å². The molecule has 3 N–H and O–H groups in total. The molecule has 96 valence electrons. The highest BCUT2D eigenvalue weighted by Crippen LogP contribution is 2.34. The number of nitrogens with one attached hydrogen (secondary N) is 1. The molecule has 1 fully saturated rings. The van der Waals surface area contributed by atoms with Crippen LogP contribution in [0.25, 0.3) is 0 Å². The van der Waals surface area contributed by atoms with Crippen molar-refractivity contribution < 1.29 is 0 Å². The minimum atomic E-state index is 0.534. The number of hydrogen-bond acceptors (Lipinski definition) is 6. The molecule has 2 heterocycles. The van der Waals surface area contributed by atoms with E-state index in [9.17, 15) is 0 Å². The summed E-state index contributed by atoms with van der Waals surface area (Å²) in [7, 11) is 0. The van der Waals surface area contributed by atoms with Crippen LogP contribution >= 0.6 is 11.5 Å². The van der Waals surface area contributed by atoms with Gasteiger partial charge < -0.3 is 5.43 Å². The van der Waals surface area contributed by atoms with Crippen molar-refractivity contribution in [3.63, 3.8) is 0 Å². The third-order valence-corrected chi connectivity index (χ3v) is 4.68. The van der Waals surface area contributed by atoms with E-state index in [-0.39, 0.29) is 0 Å². The normalized spacial score (nSPS) is 20.4. The number of aromatic nitrogens is 2. The fourth-order valence-corrected chi connectivity index (χ4v) is 2.72. The second kappa shape index (κ2) is 5.29. The van der Waals surface area contributed by atoms with Crippen LogP contribution in [0.2, 0.25) is 0 Å². The molecule has 0 spiro atoms. The number of rotatable bonds is 4. The standard InChI is InChI=1S/C11H21N5S/c1-3-11(2)4-6-16(7-5-11)8-9-10(13-12)17-15-14-9/h13H,3-8,12H2,1-2H3. The predicted octanol–water partition coefficient (Wildman–Crippen LogP) is 1.84. The highest BCUT2D eigenvalue weighted by molar-refractivity contribution is 7.10. The van der Waals surface area contributed by atoms with Crippen LogP contribution in [0.15, 0.2) is 0 Å². The molecule has 0 amide bonds. The van der Waals surface area contributed by atoms with E-state index in [1.54, 1.807) is 0 Å². The van der Waals surface area contributed by atoms with Crippen molar-refractivity contribution in [3.8, 4) is 0 Å². The summed E-state index contributed by atoms with van der Waals surface area (Å²) in [6.45, 7) is 7.83. The first-order valence-electron chi connectivity index (χ1n) is 6.17. The van der Waals surface area contributed by atoms with Crippen LogP contribution in [0.4, 0.5) is 5.00 Å². The Morgan fingerprint density at radius 3 is 2.76 bits per heavy atom. The maximum absolute atomic E-state index is 5.43. The zero-order chi connectivity index (χ0) is 12.3. The van der Waals surface area contributed by atoms with Gasteiger partial charge in [-0.2, -0.15) is 0 Å². The Balaban J connectivity index is 1.90. The maximum Gasteiger partial charge on any atom is 0.148 e. The Morgan fingerprint density at radius 1 is 1.47 bits per heavy atom. The predicted molar refractivity (Wildman–Crippen MR) is 70.6 cm³/mol. The van der Waals surface area contributed by atoms with E-state index in [2.05, 4.69) is 33.8 Å². The lowest BCUT2D eigenvalue weighted by Crippen LogP contribution is -2.38. The number of nitrogen functional groups attached to an aromatic ring is 1. The van der Waals surface area contributed by atoms with Gasteiger partial charge in [0.25, 0.3) is 0 Å². The molecule has 1 aliphatic heterocycles. The SMILES string of the molecule is CCC1(C)CCN(Cc2nnsc2NN)CC1. The van der Waals surface area contributed by atoms with Gasteiger partial charge in [0, 0.05) is 18.1 Å². The molecule has 1 aliphatic rings. The first kappa shape index (κ1) is 12.7. The first-order valence-corrected chi connectivity index (χ1v) is 6.94. The Hall–Kier alpha value is -0.720. The summed E-state index contributed by atoms with van der Waals surface area (Å²) in [6.07, 6.45) is 3.81. The third-order valence-electron chi connectivity index (χ3n) is 3.98. The van der Waals surface area contributed by atoms with Crippen LogP contribution in [0.1, 0.15) is 38.8 Å². The Bertz CT molecular complexity index is 356. The van der Waals surface area contributed by atoms with E-state index >= 15 is 0 Å². The van der Waals surface area contributed by atoms with Crippen molar-refractivity contribution in [1.82, 2.24) is 14.5 Å².